The lowest BCUT2D eigenvalue weighted by Gasteiger charge is -1.95. The molecule has 0 bridgehead atoms. The summed E-state index contributed by atoms with van der Waals surface area (Å²) in [5.74, 6) is 4.13. The second kappa shape index (κ2) is 8.60. The van der Waals surface area contributed by atoms with Crippen LogP contribution < -0.4 is 16.6 Å². The van der Waals surface area contributed by atoms with Crippen LogP contribution in [0, 0.1) is 0 Å². The van der Waals surface area contributed by atoms with E-state index in [4.69, 9.17) is 5.84 Å². The third-order valence-corrected chi connectivity index (χ3v) is 1.80. The minimum Gasteiger partial charge on any atom is -0.294 e. The van der Waals surface area contributed by atoms with Crippen molar-refractivity contribution in [2.75, 3.05) is 0 Å². The fourth-order valence-electron chi connectivity index (χ4n) is 0.964. The molecule has 1 heterocycles. The van der Waals surface area contributed by atoms with E-state index in [1.165, 1.54) is 12.2 Å². The van der Waals surface area contributed by atoms with Crippen LogP contribution in [0.5, 0.6) is 0 Å². The molecule has 0 saturated carbocycles. The second-order valence-electron chi connectivity index (χ2n) is 3.21. The molecular weight excluding hydrogens is 210 g/mol. The van der Waals surface area contributed by atoms with Crippen molar-refractivity contribution >= 4 is 17.7 Å². The van der Waals surface area contributed by atoms with Crippen LogP contribution in [-0.2, 0) is 14.4 Å². The number of unbranched alkanes of at least 4 members (excludes halogenated alkanes) is 2. The molecule has 1 aliphatic heterocycles. The number of carbonyl (C=O) groups is 3. The van der Waals surface area contributed by atoms with Crippen molar-refractivity contribution in [3.63, 3.8) is 0 Å². The summed E-state index contributed by atoms with van der Waals surface area (Å²) in [6.45, 7) is 2.10. The van der Waals surface area contributed by atoms with Gasteiger partial charge in [-0.05, 0) is 6.42 Å². The molecule has 6 nitrogen and oxygen atoms in total. The second-order valence-corrected chi connectivity index (χ2v) is 3.21. The molecule has 1 rings (SSSR count). The molecule has 0 fully saturated rings. The average Bonchev–Trinajstić information content (AvgIpc) is 2.63. The minimum atomic E-state index is -0.329. The van der Waals surface area contributed by atoms with Gasteiger partial charge in [0.2, 0.25) is 5.91 Å². The highest BCUT2D eigenvalue weighted by Gasteiger charge is 2.06. The largest absolute Gasteiger partial charge is 0.294 e. The van der Waals surface area contributed by atoms with Crippen LogP contribution in [0.3, 0.4) is 0 Å². The topological polar surface area (TPSA) is 101 Å². The smallest absolute Gasteiger partial charge is 0.250 e. The molecular formula is C10H17N3O3. The summed E-state index contributed by atoms with van der Waals surface area (Å²) >= 11 is 0. The van der Waals surface area contributed by atoms with Gasteiger partial charge < -0.3 is 0 Å². The Labute approximate surface area is 94.2 Å². The SMILES string of the molecule is CCCCCC(=O)NN.O=C1C=CC(=O)N1. The lowest BCUT2D eigenvalue weighted by atomic mass is 10.2. The van der Waals surface area contributed by atoms with E-state index in [0.29, 0.717) is 6.42 Å². The van der Waals surface area contributed by atoms with E-state index in [0.717, 1.165) is 19.3 Å². The maximum absolute atomic E-state index is 10.5. The Morgan fingerprint density at radius 2 is 1.88 bits per heavy atom. The Morgan fingerprint density at radius 3 is 2.19 bits per heavy atom. The van der Waals surface area contributed by atoms with Crippen molar-refractivity contribution in [2.45, 2.75) is 32.6 Å². The van der Waals surface area contributed by atoms with Crippen molar-refractivity contribution in [1.29, 1.82) is 0 Å². The van der Waals surface area contributed by atoms with Gasteiger partial charge in [-0.15, -0.1) is 0 Å². The van der Waals surface area contributed by atoms with E-state index in [-0.39, 0.29) is 17.7 Å². The zero-order chi connectivity index (χ0) is 12.4. The van der Waals surface area contributed by atoms with Crippen LogP contribution in [0.1, 0.15) is 32.6 Å². The Balaban J connectivity index is 0.000000288. The van der Waals surface area contributed by atoms with Gasteiger partial charge in [0.05, 0.1) is 0 Å². The van der Waals surface area contributed by atoms with Crippen LogP contribution in [0.4, 0.5) is 0 Å². The highest BCUT2D eigenvalue weighted by molar-refractivity contribution is 6.12. The van der Waals surface area contributed by atoms with E-state index in [9.17, 15) is 14.4 Å². The summed E-state index contributed by atoms with van der Waals surface area (Å²) in [6, 6.07) is 0. The molecule has 0 aromatic heterocycles. The number of nitrogens with one attached hydrogen (secondary N) is 2. The number of amides is 3. The number of carbonyl (C=O) groups excluding carboxylic acids is 3. The molecule has 0 aromatic carbocycles. The minimum absolute atomic E-state index is 0.0662. The number of hydrogen-bond donors (Lipinski definition) is 3. The van der Waals surface area contributed by atoms with Crippen molar-refractivity contribution in [2.24, 2.45) is 5.84 Å². The predicted octanol–water partition coefficient (Wildman–Crippen LogP) is -0.244. The summed E-state index contributed by atoms with van der Waals surface area (Å²) in [4.78, 5) is 30.5. The Hall–Kier alpha value is -1.69. The van der Waals surface area contributed by atoms with Gasteiger partial charge in [0.15, 0.2) is 0 Å². The van der Waals surface area contributed by atoms with Crippen molar-refractivity contribution in [3.8, 4) is 0 Å². The predicted molar refractivity (Wildman–Crippen MR) is 58.8 cm³/mol. The summed E-state index contributed by atoms with van der Waals surface area (Å²) in [6.07, 6.45) is 6.14. The first-order valence-corrected chi connectivity index (χ1v) is 5.12. The zero-order valence-corrected chi connectivity index (χ0v) is 9.29. The molecule has 4 N–H and O–H groups in total. The normalized spacial score (nSPS) is 12.9. The summed E-state index contributed by atoms with van der Waals surface area (Å²) in [7, 11) is 0. The number of hydrazine groups is 1. The maximum atomic E-state index is 10.5. The van der Waals surface area contributed by atoms with E-state index >= 15 is 0 Å². The molecule has 16 heavy (non-hydrogen) atoms. The van der Waals surface area contributed by atoms with Gasteiger partial charge in [-0.3, -0.25) is 25.1 Å². The van der Waals surface area contributed by atoms with E-state index in [2.05, 4.69) is 12.3 Å². The van der Waals surface area contributed by atoms with Gasteiger partial charge in [-0.1, -0.05) is 19.8 Å². The fraction of sp³-hybridized carbons (Fsp3) is 0.500. The van der Waals surface area contributed by atoms with Crippen molar-refractivity contribution in [3.05, 3.63) is 12.2 Å². The van der Waals surface area contributed by atoms with Gasteiger partial charge >= 0.3 is 0 Å². The van der Waals surface area contributed by atoms with Crippen LogP contribution in [-0.4, -0.2) is 17.7 Å². The average molecular weight is 227 g/mol. The zero-order valence-electron chi connectivity index (χ0n) is 9.29. The van der Waals surface area contributed by atoms with Gasteiger partial charge in [0.25, 0.3) is 11.8 Å². The van der Waals surface area contributed by atoms with Crippen LogP contribution >= 0.6 is 0 Å². The maximum Gasteiger partial charge on any atom is 0.250 e. The molecule has 0 radical (unpaired) electrons. The molecule has 0 unspecified atom stereocenters. The Kier molecular flexibility index (Phi) is 7.70. The van der Waals surface area contributed by atoms with Gasteiger partial charge in [0.1, 0.15) is 0 Å². The van der Waals surface area contributed by atoms with Crippen LogP contribution in [0.2, 0.25) is 0 Å². The Bertz CT molecular complexity index is 271. The van der Waals surface area contributed by atoms with Gasteiger partial charge in [-0.2, -0.15) is 0 Å². The molecule has 3 amide bonds. The van der Waals surface area contributed by atoms with Gasteiger partial charge in [0, 0.05) is 18.6 Å². The molecule has 0 atom stereocenters. The molecule has 0 aromatic rings. The van der Waals surface area contributed by atoms with Crippen molar-refractivity contribution < 1.29 is 14.4 Å². The molecule has 1 aliphatic rings. The third kappa shape index (κ3) is 7.69. The number of hydrogen-bond acceptors (Lipinski definition) is 4. The van der Waals surface area contributed by atoms with E-state index < -0.39 is 0 Å². The molecule has 0 saturated heterocycles. The van der Waals surface area contributed by atoms with E-state index in [1.54, 1.807) is 0 Å². The summed E-state index contributed by atoms with van der Waals surface area (Å²) < 4.78 is 0. The highest BCUT2D eigenvalue weighted by atomic mass is 16.2. The number of rotatable bonds is 4. The third-order valence-electron chi connectivity index (χ3n) is 1.80. The van der Waals surface area contributed by atoms with Crippen molar-refractivity contribution in [1.82, 2.24) is 10.7 Å². The number of nitrogens with two attached hydrogens (primary N) is 1. The van der Waals surface area contributed by atoms with Crippen LogP contribution in [0.25, 0.3) is 0 Å². The highest BCUT2D eigenvalue weighted by Crippen LogP contribution is 1.97. The van der Waals surface area contributed by atoms with E-state index in [1.807, 2.05) is 5.32 Å². The lowest BCUT2D eigenvalue weighted by Crippen LogP contribution is -2.29. The summed E-state index contributed by atoms with van der Waals surface area (Å²) in [5.41, 5.74) is 2.08. The first kappa shape index (κ1) is 14.3. The first-order valence-electron chi connectivity index (χ1n) is 5.12. The Morgan fingerprint density at radius 1 is 1.31 bits per heavy atom. The monoisotopic (exact) mass is 227 g/mol. The standard InChI is InChI=1S/C6H14N2O.C4H3NO2/c1-2-3-4-5-6(9)8-7;6-3-1-2-4(7)5-3/h2-5,7H2,1H3,(H,8,9);1-2H,(H,5,6,7). The van der Waals surface area contributed by atoms with Crippen LogP contribution in [0.15, 0.2) is 12.2 Å². The quantitative estimate of drug-likeness (QED) is 0.203. The summed E-state index contributed by atoms with van der Waals surface area (Å²) in [5, 5.41) is 2.03. The number of imide groups is 1. The fourth-order valence-corrected chi connectivity index (χ4v) is 0.964. The molecule has 0 spiro atoms. The molecule has 0 aliphatic carbocycles. The molecule has 90 valence electrons. The molecule has 6 heteroatoms. The van der Waals surface area contributed by atoms with Gasteiger partial charge in [-0.25, -0.2) is 5.84 Å². The first-order chi connectivity index (χ1) is 7.60. The lowest BCUT2D eigenvalue weighted by molar-refractivity contribution is -0.123.